The number of hydrogen-bond donors (Lipinski definition) is 0. The van der Waals surface area contributed by atoms with Gasteiger partial charge in [-0.2, -0.15) is 0 Å². The standard InChI is InChI=1S/C30H32P4/c1-2-13-25-32(28-22-20-27(21-23-28)26-14-6-3-7-15-26)34(30-18-10-5-11-19-30)33(31-24-12-1)29-16-8-4-9-17-29/h3-11,14-23,31H,1-2,12-13,24-25H2. The molecule has 0 N–H and O–H groups in total. The Kier molecular flexibility index (Phi) is 8.95. The molecule has 0 radical (unpaired) electrons. The number of rotatable bonds is 4. The van der Waals surface area contributed by atoms with Crippen LogP contribution in [0.1, 0.15) is 25.7 Å². The number of benzene rings is 4. The van der Waals surface area contributed by atoms with Gasteiger partial charge < -0.3 is 0 Å². The molecule has 5 rings (SSSR count). The van der Waals surface area contributed by atoms with Gasteiger partial charge in [0, 0.05) is 0 Å². The summed E-state index contributed by atoms with van der Waals surface area (Å²) in [4.78, 5) is 0. The van der Waals surface area contributed by atoms with E-state index in [-0.39, 0.29) is 22.2 Å². The molecule has 0 nitrogen and oxygen atoms in total. The Morgan fingerprint density at radius 1 is 0.471 bits per heavy atom. The second-order valence-corrected chi connectivity index (χ2v) is 22.9. The van der Waals surface area contributed by atoms with Gasteiger partial charge in [0.1, 0.15) is 0 Å². The van der Waals surface area contributed by atoms with E-state index in [4.69, 9.17) is 0 Å². The summed E-state index contributed by atoms with van der Waals surface area (Å²) in [5, 5.41) is 4.86. The van der Waals surface area contributed by atoms with Crippen LogP contribution in [0, 0.1) is 0 Å². The summed E-state index contributed by atoms with van der Waals surface area (Å²) in [6.45, 7) is 0. The molecule has 0 aromatic heterocycles. The Morgan fingerprint density at radius 3 is 1.71 bits per heavy atom. The van der Waals surface area contributed by atoms with E-state index >= 15 is 0 Å². The van der Waals surface area contributed by atoms with Crippen molar-refractivity contribution in [3.8, 4) is 11.1 Å². The van der Waals surface area contributed by atoms with Crippen molar-refractivity contribution in [2.75, 3.05) is 12.3 Å². The summed E-state index contributed by atoms with van der Waals surface area (Å²) < 4.78 is 0. The third kappa shape index (κ3) is 6.04. The zero-order valence-corrected chi connectivity index (χ0v) is 23.2. The van der Waals surface area contributed by atoms with Crippen molar-refractivity contribution in [2.24, 2.45) is 0 Å². The maximum absolute atomic E-state index is 2.47. The van der Waals surface area contributed by atoms with Gasteiger partial charge in [0.15, 0.2) is 0 Å². The fourth-order valence-electron chi connectivity index (χ4n) is 4.48. The largest absolute Gasteiger partial charge is 0.0862 e. The van der Waals surface area contributed by atoms with Crippen LogP contribution in [0.3, 0.4) is 0 Å². The smallest absolute Gasteiger partial charge is 0.0117 e. The average molecular weight is 516 g/mol. The number of hydrogen-bond acceptors (Lipinski definition) is 0. The van der Waals surface area contributed by atoms with E-state index in [1.54, 1.807) is 15.9 Å². The van der Waals surface area contributed by atoms with Crippen LogP contribution < -0.4 is 15.9 Å². The molecular weight excluding hydrogens is 484 g/mol. The third-order valence-electron chi connectivity index (χ3n) is 6.24. The molecule has 172 valence electrons. The van der Waals surface area contributed by atoms with Gasteiger partial charge in [-0.3, -0.25) is 0 Å². The van der Waals surface area contributed by atoms with Crippen LogP contribution in [-0.4, -0.2) is 12.3 Å². The maximum Gasteiger partial charge on any atom is -0.0117 e. The predicted molar refractivity (Wildman–Crippen MR) is 161 cm³/mol. The van der Waals surface area contributed by atoms with E-state index in [1.165, 1.54) is 49.1 Å². The average Bonchev–Trinajstić information content (AvgIpc) is 2.92. The molecule has 1 heterocycles. The summed E-state index contributed by atoms with van der Waals surface area (Å²) in [5.41, 5.74) is 2.64. The van der Waals surface area contributed by atoms with Crippen molar-refractivity contribution in [1.82, 2.24) is 0 Å². The van der Waals surface area contributed by atoms with Crippen LogP contribution >= 0.6 is 30.5 Å². The molecule has 4 unspecified atom stereocenters. The normalized spacial score (nSPS) is 22.3. The van der Waals surface area contributed by atoms with E-state index in [0.29, 0.717) is 0 Å². The van der Waals surface area contributed by atoms with Crippen molar-refractivity contribution in [3.63, 3.8) is 0 Å². The molecule has 4 aromatic carbocycles. The third-order valence-corrected chi connectivity index (χ3v) is 27.5. The van der Waals surface area contributed by atoms with Crippen LogP contribution in [0.25, 0.3) is 11.1 Å². The summed E-state index contributed by atoms with van der Waals surface area (Å²) in [6, 6.07) is 43.6. The highest BCUT2D eigenvalue weighted by atomic mass is 32.6. The van der Waals surface area contributed by atoms with Crippen LogP contribution in [0.4, 0.5) is 0 Å². The van der Waals surface area contributed by atoms with Crippen molar-refractivity contribution >= 4 is 46.4 Å². The minimum atomic E-state index is -0.241. The fraction of sp³-hybridized carbons (Fsp3) is 0.200. The van der Waals surface area contributed by atoms with E-state index in [9.17, 15) is 0 Å². The Hall–Kier alpha value is -1.40. The zero-order valence-electron chi connectivity index (χ0n) is 19.6. The van der Waals surface area contributed by atoms with E-state index in [0.717, 1.165) is 8.27 Å². The summed E-state index contributed by atoms with van der Waals surface area (Å²) in [6.07, 6.45) is 8.36. The first-order chi connectivity index (χ1) is 16.9. The van der Waals surface area contributed by atoms with Gasteiger partial charge >= 0.3 is 0 Å². The molecule has 4 heteroatoms. The lowest BCUT2D eigenvalue weighted by Gasteiger charge is -2.36. The second kappa shape index (κ2) is 12.5. The molecule has 0 bridgehead atoms. The van der Waals surface area contributed by atoms with Crippen LogP contribution in [0.5, 0.6) is 0 Å². The Balaban J connectivity index is 1.57. The zero-order chi connectivity index (χ0) is 23.0. The summed E-state index contributed by atoms with van der Waals surface area (Å²) >= 11 is 0. The molecule has 4 atom stereocenters. The highest BCUT2D eigenvalue weighted by Gasteiger charge is 2.32. The first-order valence-corrected chi connectivity index (χ1v) is 19.9. The van der Waals surface area contributed by atoms with Gasteiger partial charge in [0.05, 0.1) is 0 Å². The fourth-order valence-corrected chi connectivity index (χ4v) is 29.9. The summed E-state index contributed by atoms with van der Waals surface area (Å²) in [7, 11) is 0.438. The molecular formula is C30H32P4. The lowest BCUT2D eigenvalue weighted by molar-refractivity contribution is 0.710. The minimum absolute atomic E-state index is 0.172. The van der Waals surface area contributed by atoms with Gasteiger partial charge in [-0.15, -0.1) is 0 Å². The first kappa shape index (κ1) is 24.3. The maximum atomic E-state index is 2.47. The summed E-state index contributed by atoms with van der Waals surface area (Å²) in [5.74, 6) is 0. The van der Waals surface area contributed by atoms with E-state index in [1.807, 2.05) is 0 Å². The van der Waals surface area contributed by atoms with Crippen LogP contribution in [0.15, 0.2) is 115 Å². The highest BCUT2D eigenvalue weighted by Crippen LogP contribution is 2.90. The molecule has 0 aliphatic carbocycles. The first-order valence-electron chi connectivity index (χ1n) is 12.3. The van der Waals surface area contributed by atoms with Gasteiger partial charge in [-0.25, -0.2) is 0 Å². The van der Waals surface area contributed by atoms with E-state index in [2.05, 4.69) is 115 Å². The lowest BCUT2D eigenvalue weighted by atomic mass is 10.1. The van der Waals surface area contributed by atoms with Crippen LogP contribution in [0.2, 0.25) is 0 Å². The lowest BCUT2D eigenvalue weighted by Crippen LogP contribution is -2.11. The molecule has 1 aliphatic rings. The van der Waals surface area contributed by atoms with Crippen molar-refractivity contribution in [2.45, 2.75) is 25.7 Å². The van der Waals surface area contributed by atoms with Crippen molar-refractivity contribution in [1.29, 1.82) is 0 Å². The Labute approximate surface area is 210 Å². The molecule has 34 heavy (non-hydrogen) atoms. The predicted octanol–water partition coefficient (Wildman–Crippen LogP) is 9.07. The monoisotopic (exact) mass is 516 g/mol. The Morgan fingerprint density at radius 2 is 1.03 bits per heavy atom. The van der Waals surface area contributed by atoms with Gasteiger partial charge in [0.25, 0.3) is 0 Å². The molecule has 0 saturated carbocycles. The molecule has 0 spiro atoms. The molecule has 4 aromatic rings. The van der Waals surface area contributed by atoms with Crippen molar-refractivity contribution < 1.29 is 0 Å². The molecule has 1 aliphatic heterocycles. The molecule has 1 saturated heterocycles. The minimum Gasteiger partial charge on any atom is -0.0862 e. The van der Waals surface area contributed by atoms with Gasteiger partial charge in [-0.1, -0.05) is 136 Å². The SMILES string of the molecule is c1ccc(-c2ccc(P3CCCCCCPP(c4ccccc4)P3c3ccccc3)cc2)cc1. The molecule has 1 fully saturated rings. The topological polar surface area (TPSA) is 0 Å². The van der Waals surface area contributed by atoms with Crippen LogP contribution in [-0.2, 0) is 0 Å². The quantitative estimate of drug-likeness (QED) is 0.237. The second-order valence-electron chi connectivity index (χ2n) is 8.63. The highest BCUT2D eigenvalue weighted by molar-refractivity contribution is 8.78. The van der Waals surface area contributed by atoms with Crippen molar-refractivity contribution in [3.05, 3.63) is 115 Å². The van der Waals surface area contributed by atoms with Gasteiger partial charge in [-0.05, 0) is 74.4 Å². The Bertz CT molecular complexity index is 1130. The van der Waals surface area contributed by atoms with E-state index < -0.39 is 0 Å². The molecule has 0 amide bonds. The van der Waals surface area contributed by atoms with Gasteiger partial charge in [0.2, 0.25) is 0 Å².